The highest BCUT2D eigenvalue weighted by atomic mass is 27.0. The Morgan fingerprint density at radius 1 is 1.36 bits per heavy atom. The van der Waals surface area contributed by atoms with Crippen molar-refractivity contribution in [3.05, 3.63) is 35.6 Å². The Morgan fingerprint density at radius 2 is 1.91 bits per heavy atom. The zero-order valence-corrected chi connectivity index (χ0v) is 8.97. The Hall–Kier alpha value is -0.318. The lowest BCUT2D eigenvalue weighted by atomic mass is 10.0. The third-order valence-corrected chi connectivity index (χ3v) is 3.28. The smallest absolute Gasteiger partial charge is 0.207 e. The fraction of sp³-hybridized carbons (Fsp3) is 0.333. The van der Waals surface area contributed by atoms with Crippen LogP contribution in [0.15, 0.2) is 24.3 Å². The average Bonchev–Trinajstić information content (AvgIpc) is 2.05. The second-order valence-corrected chi connectivity index (χ2v) is 3.68. The fourth-order valence-corrected chi connectivity index (χ4v) is 1.50. The molecule has 1 aromatic carbocycles. The van der Waals surface area contributed by atoms with E-state index in [1.54, 1.807) is 0 Å². The molecule has 0 N–H and O–H groups in total. The van der Waals surface area contributed by atoms with E-state index < -0.39 is 0 Å². The van der Waals surface area contributed by atoms with Gasteiger partial charge >= 0.3 is 0 Å². The van der Waals surface area contributed by atoms with Crippen LogP contribution in [-0.4, -0.2) is 16.3 Å². The lowest BCUT2D eigenvalue weighted by molar-refractivity contribution is 0.626. The van der Waals surface area contributed by atoms with Crippen molar-refractivity contribution in [3.63, 3.8) is 0 Å². The van der Waals surface area contributed by atoms with Crippen LogP contribution in [0.2, 0.25) is 5.28 Å². The van der Waals surface area contributed by atoms with Gasteiger partial charge < -0.3 is 0 Å². The van der Waals surface area contributed by atoms with Crippen molar-refractivity contribution in [3.8, 4) is 0 Å². The molecule has 0 heterocycles. The first kappa shape index (κ1) is 8.78. The minimum Gasteiger partial charge on any atom is -0.207 e. The van der Waals surface area contributed by atoms with E-state index in [1.807, 2.05) is 12.1 Å². The zero-order valence-electron chi connectivity index (χ0n) is 6.97. The van der Waals surface area contributed by atoms with Crippen molar-refractivity contribution >= 4 is 16.3 Å². The highest BCUT2D eigenvalue weighted by Crippen LogP contribution is 2.17. The van der Waals surface area contributed by atoms with Crippen LogP contribution in [-0.2, 0) is 0 Å². The normalized spacial score (nSPS) is 12.9. The molecule has 0 nitrogen and oxygen atoms in total. The van der Waals surface area contributed by atoms with Gasteiger partial charge in [0.15, 0.2) is 0 Å². The van der Waals surface area contributed by atoms with Crippen molar-refractivity contribution in [1.29, 1.82) is 0 Å². The van der Waals surface area contributed by atoms with Gasteiger partial charge in [-0.2, -0.15) is 0 Å². The molecule has 11 heavy (non-hydrogen) atoms. The number of rotatable bonds is 2. The highest BCUT2D eigenvalue weighted by Gasteiger charge is 2.01. The van der Waals surface area contributed by atoms with Gasteiger partial charge in [-0.25, -0.2) is 4.39 Å². The summed E-state index contributed by atoms with van der Waals surface area (Å²) in [5.74, 6) is 0.455. The number of benzene rings is 1. The van der Waals surface area contributed by atoms with E-state index in [2.05, 4.69) is 6.92 Å². The number of halogens is 1. The maximum atomic E-state index is 12.5. The minimum atomic E-state index is -0.144. The first-order valence-corrected chi connectivity index (χ1v) is 5.41. The van der Waals surface area contributed by atoms with Crippen LogP contribution < -0.4 is 0 Å². The maximum absolute atomic E-state index is 12.5. The second-order valence-electron chi connectivity index (χ2n) is 2.86. The van der Waals surface area contributed by atoms with Crippen LogP contribution in [0.25, 0.3) is 0 Å². The Bertz CT molecular complexity index is 218. The van der Waals surface area contributed by atoms with Crippen molar-refractivity contribution < 1.29 is 4.39 Å². The predicted molar refractivity (Wildman–Crippen MR) is 48.2 cm³/mol. The SMILES string of the molecule is CC([CH2][AlH2])c1ccc(F)cc1. The molecule has 58 valence electrons. The van der Waals surface area contributed by atoms with Gasteiger partial charge in [0.1, 0.15) is 5.82 Å². The Labute approximate surface area is 74.9 Å². The van der Waals surface area contributed by atoms with Crippen molar-refractivity contribution in [1.82, 2.24) is 0 Å². The molecule has 1 aromatic rings. The van der Waals surface area contributed by atoms with Crippen LogP contribution in [0.5, 0.6) is 0 Å². The molecule has 1 unspecified atom stereocenters. The molecule has 1 atom stereocenters. The van der Waals surface area contributed by atoms with Gasteiger partial charge in [0, 0.05) is 0 Å². The molecule has 0 spiro atoms. The first-order chi connectivity index (χ1) is 5.24. The molecule has 0 radical (unpaired) electrons. The largest absolute Gasteiger partial charge is 0.212 e. The zero-order chi connectivity index (χ0) is 8.27. The van der Waals surface area contributed by atoms with Crippen molar-refractivity contribution in [2.24, 2.45) is 0 Å². The van der Waals surface area contributed by atoms with Crippen LogP contribution in [0, 0.1) is 5.82 Å². The summed E-state index contributed by atoms with van der Waals surface area (Å²) < 4.78 is 12.5. The summed E-state index contributed by atoms with van der Waals surface area (Å²) in [5.41, 5.74) is 1.25. The molecule has 0 fully saturated rings. The standard InChI is InChI=1S/C9H10F.Al.2H/c1-7(2)8-3-5-9(10)6-4-8;;;/h3-7H,1H2,2H3;;;. The Balaban J connectivity index is 2.81. The predicted octanol–water partition coefficient (Wildman–Crippen LogP) is 1.98. The molecular weight excluding hydrogens is 154 g/mol. The van der Waals surface area contributed by atoms with E-state index in [-0.39, 0.29) is 5.82 Å². The van der Waals surface area contributed by atoms with Gasteiger partial charge in [-0.05, 0) is 23.6 Å². The van der Waals surface area contributed by atoms with E-state index in [0.29, 0.717) is 5.92 Å². The second kappa shape index (κ2) is 3.90. The summed E-state index contributed by atoms with van der Waals surface area (Å²) in [5, 5.41) is 1.24. The van der Waals surface area contributed by atoms with Crippen LogP contribution in [0.3, 0.4) is 0 Å². The lowest BCUT2D eigenvalue weighted by Crippen LogP contribution is -1.91. The topological polar surface area (TPSA) is 0 Å². The highest BCUT2D eigenvalue weighted by molar-refractivity contribution is 6.09. The van der Waals surface area contributed by atoms with E-state index in [9.17, 15) is 4.39 Å². The summed E-state index contributed by atoms with van der Waals surface area (Å²) in [4.78, 5) is 0. The van der Waals surface area contributed by atoms with Crippen LogP contribution >= 0.6 is 0 Å². The van der Waals surface area contributed by atoms with E-state index in [4.69, 9.17) is 0 Å². The molecular formula is C9H12AlF. The number of hydrogen-bond acceptors (Lipinski definition) is 0. The number of hydrogen-bond donors (Lipinski definition) is 0. The van der Waals surface area contributed by atoms with Gasteiger partial charge in [0.25, 0.3) is 0 Å². The third-order valence-electron chi connectivity index (χ3n) is 2.05. The van der Waals surface area contributed by atoms with Crippen LogP contribution in [0.4, 0.5) is 4.39 Å². The summed E-state index contributed by atoms with van der Waals surface area (Å²) in [6.45, 7) is 2.18. The van der Waals surface area contributed by atoms with E-state index >= 15 is 0 Å². The van der Waals surface area contributed by atoms with Crippen molar-refractivity contribution in [2.45, 2.75) is 18.1 Å². The molecule has 0 aliphatic rings. The maximum Gasteiger partial charge on any atom is 0.212 e. The summed E-state index contributed by atoms with van der Waals surface area (Å²) in [6.07, 6.45) is 0. The average molecular weight is 166 g/mol. The molecule has 0 aromatic heterocycles. The molecule has 0 aliphatic heterocycles. The van der Waals surface area contributed by atoms with E-state index in [0.717, 1.165) is 0 Å². The molecule has 0 amide bonds. The van der Waals surface area contributed by atoms with Gasteiger partial charge in [-0.3, -0.25) is 0 Å². The molecule has 0 bridgehead atoms. The van der Waals surface area contributed by atoms with Gasteiger partial charge in [-0.15, -0.1) is 0 Å². The van der Waals surface area contributed by atoms with Gasteiger partial charge in [0.05, 0.1) is 0 Å². The van der Waals surface area contributed by atoms with Crippen LogP contribution in [0.1, 0.15) is 18.4 Å². The van der Waals surface area contributed by atoms with Gasteiger partial charge in [0.2, 0.25) is 16.3 Å². The quantitative estimate of drug-likeness (QED) is 0.589. The molecule has 0 saturated carbocycles. The fourth-order valence-electron chi connectivity index (χ4n) is 1.03. The molecule has 1 rings (SSSR count). The van der Waals surface area contributed by atoms with Crippen molar-refractivity contribution in [2.75, 3.05) is 0 Å². The Morgan fingerprint density at radius 3 is 2.36 bits per heavy atom. The Kier molecular flexibility index (Phi) is 3.11. The first-order valence-electron chi connectivity index (χ1n) is 3.99. The van der Waals surface area contributed by atoms with E-state index in [1.165, 1.54) is 39.3 Å². The molecule has 0 aliphatic carbocycles. The summed E-state index contributed by atoms with van der Waals surface area (Å²) in [6, 6.07) is 6.81. The summed E-state index contributed by atoms with van der Waals surface area (Å²) in [7, 11) is 0. The molecule has 0 saturated heterocycles. The van der Waals surface area contributed by atoms with Gasteiger partial charge in [-0.1, -0.05) is 24.3 Å². The minimum absolute atomic E-state index is 0.144. The molecule has 2 heteroatoms. The third kappa shape index (κ3) is 2.32. The lowest BCUT2D eigenvalue weighted by Gasteiger charge is -2.07. The monoisotopic (exact) mass is 166 g/mol. The summed E-state index contributed by atoms with van der Waals surface area (Å²) >= 11 is 1.21.